The number of aromatic carboxylic acids is 1. The van der Waals surface area contributed by atoms with Crippen molar-refractivity contribution in [2.45, 2.75) is 60.1 Å². The van der Waals surface area contributed by atoms with Crippen LogP contribution in [-0.2, 0) is 17.7 Å². The highest BCUT2D eigenvalue weighted by atomic mass is 16.6. The molecule has 1 heterocycles. The van der Waals surface area contributed by atoms with E-state index in [1.807, 2.05) is 61.5 Å². The second kappa shape index (κ2) is 10.7. The van der Waals surface area contributed by atoms with E-state index in [0.717, 1.165) is 22.4 Å². The Hall–Kier alpha value is -3.67. The zero-order valence-electron chi connectivity index (χ0n) is 21.3. The van der Waals surface area contributed by atoms with Crippen LogP contribution in [0.15, 0.2) is 54.6 Å². The maximum Gasteiger partial charge on any atom is 0.407 e. The number of alkyl carbamates (subject to hydrolysis) is 1. The molecule has 1 amide bonds. The number of amides is 1. The van der Waals surface area contributed by atoms with Crippen LogP contribution < -0.4 is 5.32 Å². The molecule has 0 aliphatic rings. The number of pyridine rings is 1. The molecule has 0 radical (unpaired) electrons. The molecule has 0 saturated heterocycles. The first-order valence-electron chi connectivity index (χ1n) is 11.8. The van der Waals surface area contributed by atoms with E-state index in [2.05, 4.69) is 19.2 Å². The minimum Gasteiger partial charge on any atom is -0.478 e. The SMILES string of the molecule is Cc1ccc(-c2c(CNC(=O)OC(C)(C)C)c(CC(C)C)nc(-c3ccccc3)c2C(=O)O)cc1. The van der Waals surface area contributed by atoms with Gasteiger partial charge in [-0.2, -0.15) is 0 Å². The van der Waals surface area contributed by atoms with Gasteiger partial charge < -0.3 is 15.2 Å². The lowest BCUT2D eigenvalue weighted by Crippen LogP contribution is -2.32. The summed E-state index contributed by atoms with van der Waals surface area (Å²) >= 11 is 0. The quantitative estimate of drug-likeness (QED) is 0.400. The number of carboxylic acid groups (broad SMARTS) is 1. The number of hydrogen-bond donors (Lipinski definition) is 2. The Bertz CT molecular complexity index is 1190. The fraction of sp³-hybridized carbons (Fsp3) is 0.345. The van der Waals surface area contributed by atoms with Gasteiger partial charge in [-0.25, -0.2) is 9.59 Å². The monoisotopic (exact) mass is 474 g/mol. The number of benzene rings is 2. The predicted octanol–water partition coefficient (Wildman–Crippen LogP) is 6.65. The Morgan fingerprint density at radius 3 is 2.17 bits per heavy atom. The van der Waals surface area contributed by atoms with Crippen molar-refractivity contribution < 1.29 is 19.4 Å². The molecule has 0 unspecified atom stereocenters. The van der Waals surface area contributed by atoms with Crippen LogP contribution in [0.4, 0.5) is 4.79 Å². The number of nitrogens with zero attached hydrogens (tertiary/aromatic N) is 1. The van der Waals surface area contributed by atoms with Gasteiger partial charge in [0.1, 0.15) is 5.60 Å². The van der Waals surface area contributed by atoms with E-state index in [4.69, 9.17) is 9.72 Å². The number of nitrogens with one attached hydrogen (secondary N) is 1. The van der Waals surface area contributed by atoms with Crippen LogP contribution in [0.3, 0.4) is 0 Å². The van der Waals surface area contributed by atoms with Gasteiger partial charge in [0.15, 0.2) is 0 Å². The van der Waals surface area contributed by atoms with Crippen molar-refractivity contribution in [1.82, 2.24) is 10.3 Å². The van der Waals surface area contributed by atoms with Gasteiger partial charge in [0, 0.05) is 28.9 Å². The lowest BCUT2D eigenvalue weighted by Gasteiger charge is -2.23. The summed E-state index contributed by atoms with van der Waals surface area (Å²) in [6, 6.07) is 17.1. The van der Waals surface area contributed by atoms with E-state index in [1.54, 1.807) is 20.8 Å². The molecule has 0 atom stereocenters. The Kier molecular flexibility index (Phi) is 7.95. The van der Waals surface area contributed by atoms with Crippen molar-refractivity contribution in [3.8, 4) is 22.4 Å². The number of hydrogen-bond acceptors (Lipinski definition) is 4. The Morgan fingerprint density at radius 1 is 1.00 bits per heavy atom. The number of aromatic nitrogens is 1. The van der Waals surface area contributed by atoms with E-state index >= 15 is 0 Å². The minimum atomic E-state index is -1.07. The van der Waals surface area contributed by atoms with Gasteiger partial charge in [0.05, 0.1) is 11.3 Å². The molecule has 0 saturated carbocycles. The third kappa shape index (κ3) is 6.69. The number of aryl methyl sites for hydroxylation is 1. The van der Waals surface area contributed by atoms with E-state index in [9.17, 15) is 14.7 Å². The maximum atomic E-state index is 12.7. The van der Waals surface area contributed by atoms with Gasteiger partial charge in [0.2, 0.25) is 0 Å². The first kappa shape index (κ1) is 25.9. The lowest BCUT2D eigenvalue weighted by molar-refractivity contribution is 0.0523. The minimum absolute atomic E-state index is 0.0997. The van der Waals surface area contributed by atoms with Gasteiger partial charge in [-0.1, -0.05) is 74.0 Å². The summed E-state index contributed by atoms with van der Waals surface area (Å²) in [5.74, 6) is -0.797. The molecule has 2 aromatic carbocycles. The highest BCUT2D eigenvalue weighted by Gasteiger charge is 2.27. The van der Waals surface area contributed by atoms with Crippen molar-refractivity contribution in [2.24, 2.45) is 5.92 Å². The fourth-order valence-corrected chi connectivity index (χ4v) is 3.94. The average Bonchev–Trinajstić information content (AvgIpc) is 2.77. The van der Waals surface area contributed by atoms with Crippen molar-refractivity contribution in [1.29, 1.82) is 0 Å². The van der Waals surface area contributed by atoms with Crippen LogP contribution >= 0.6 is 0 Å². The molecule has 2 N–H and O–H groups in total. The lowest BCUT2D eigenvalue weighted by atomic mass is 9.88. The van der Waals surface area contributed by atoms with Crippen molar-refractivity contribution in [2.75, 3.05) is 0 Å². The molecule has 1 aromatic heterocycles. The average molecular weight is 475 g/mol. The third-order valence-corrected chi connectivity index (χ3v) is 5.40. The van der Waals surface area contributed by atoms with E-state index in [1.165, 1.54) is 0 Å². The molecule has 0 bridgehead atoms. The van der Waals surface area contributed by atoms with Gasteiger partial charge in [-0.3, -0.25) is 4.98 Å². The Balaban J connectivity index is 2.29. The molecule has 0 fully saturated rings. The topological polar surface area (TPSA) is 88.5 Å². The first-order valence-corrected chi connectivity index (χ1v) is 11.8. The molecule has 6 heteroatoms. The molecular formula is C29H34N2O4. The highest BCUT2D eigenvalue weighted by molar-refractivity contribution is 6.03. The first-order chi connectivity index (χ1) is 16.5. The standard InChI is InChI=1S/C29H34N2O4/c1-18(2)16-23-22(17-30-28(34)35-29(4,5)6)24(20-14-12-19(3)13-15-20)25(27(32)33)26(31-23)21-10-8-7-9-11-21/h7-15,18H,16-17H2,1-6H3,(H,30,34)(H,32,33). The summed E-state index contributed by atoms with van der Waals surface area (Å²) in [6.07, 6.45) is 0.0658. The summed E-state index contributed by atoms with van der Waals surface area (Å²) < 4.78 is 5.43. The van der Waals surface area contributed by atoms with Crippen LogP contribution in [-0.4, -0.2) is 27.8 Å². The zero-order chi connectivity index (χ0) is 25.8. The maximum absolute atomic E-state index is 12.7. The Labute approximate surface area is 207 Å². The van der Waals surface area contributed by atoms with Crippen molar-refractivity contribution >= 4 is 12.1 Å². The molecule has 3 aromatic rings. The van der Waals surface area contributed by atoms with Gasteiger partial charge in [0.25, 0.3) is 0 Å². The summed E-state index contributed by atoms with van der Waals surface area (Å²) in [7, 11) is 0. The zero-order valence-corrected chi connectivity index (χ0v) is 21.3. The molecule has 35 heavy (non-hydrogen) atoms. The molecule has 0 aliphatic carbocycles. The van der Waals surface area contributed by atoms with Crippen LogP contribution in [0.25, 0.3) is 22.4 Å². The van der Waals surface area contributed by atoms with E-state index in [-0.39, 0.29) is 18.0 Å². The molecular weight excluding hydrogens is 440 g/mol. The molecule has 3 rings (SSSR count). The van der Waals surface area contributed by atoms with Crippen molar-refractivity contribution in [3.63, 3.8) is 0 Å². The number of carbonyl (C=O) groups excluding carboxylic acids is 1. The highest BCUT2D eigenvalue weighted by Crippen LogP contribution is 2.37. The van der Waals surface area contributed by atoms with E-state index < -0.39 is 17.7 Å². The van der Waals surface area contributed by atoms with Crippen LogP contribution in [0.2, 0.25) is 0 Å². The predicted molar refractivity (Wildman–Crippen MR) is 138 cm³/mol. The number of ether oxygens (including phenoxy) is 1. The molecule has 0 aliphatic heterocycles. The van der Waals surface area contributed by atoms with Gasteiger partial charge >= 0.3 is 12.1 Å². The fourth-order valence-electron chi connectivity index (χ4n) is 3.94. The normalized spacial score (nSPS) is 11.4. The van der Waals surface area contributed by atoms with Crippen LogP contribution in [0, 0.1) is 12.8 Å². The number of carboxylic acids is 1. The second-order valence-electron chi connectivity index (χ2n) is 10.1. The molecule has 0 spiro atoms. The van der Waals surface area contributed by atoms with Gasteiger partial charge in [-0.15, -0.1) is 0 Å². The Morgan fingerprint density at radius 2 is 1.63 bits per heavy atom. The summed E-state index contributed by atoms with van der Waals surface area (Å²) in [6.45, 7) is 11.7. The van der Waals surface area contributed by atoms with Crippen molar-refractivity contribution in [3.05, 3.63) is 77.0 Å². The number of carbonyl (C=O) groups is 2. The summed E-state index contributed by atoms with van der Waals surface area (Å²) in [5.41, 5.74) is 4.47. The smallest absolute Gasteiger partial charge is 0.407 e. The molecule has 184 valence electrons. The second-order valence-corrected chi connectivity index (χ2v) is 10.1. The molecule has 6 nitrogen and oxygen atoms in total. The summed E-state index contributed by atoms with van der Waals surface area (Å²) in [4.78, 5) is 30.1. The van der Waals surface area contributed by atoms with Crippen LogP contribution in [0.5, 0.6) is 0 Å². The van der Waals surface area contributed by atoms with E-state index in [0.29, 0.717) is 23.2 Å². The number of rotatable bonds is 7. The largest absolute Gasteiger partial charge is 0.478 e. The summed E-state index contributed by atoms with van der Waals surface area (Å²) in [5, 5.41) is 13.2. The third-order valence-electron chi connectivity index (χ3n) is 5.40. The van der Waals surface area contributed by atoms with Gasteiger partial charge in [-0.05, 0) is 45.6 Å². The van der Waals surface area contributed by atoms with Crippen LogP contribution in [0.1, 0.15) is 61.8 Å².